The van der Waals surface area contributed by atoms with Crippen molar-refractivity contribution in [3.63, 3.8) is 0 Å². The van der Waals surface area contributed by atoms with Gasteiger partial charge in [-0.05, 0) is 61.1 Å². The average Bonchev–Trinajstić information content (AvgIpc) is 3.25. The van der Waals surface area contributed by atoms with Gasteiger partial charge in [-0.15, -0.1) is 0 Å². The van der Waals surface area contributed by atoms with Gasteiger partial charge in [0.2, 0.25) is 5.91 Å². The van der Waals surface area contributed by atoms with Gasteiger partial charge in [-0.1, -0.05) is 18.2 Å². The highest BCUT2D eigenvalue weighted by Crippen LogP contribution is 2.45. The van der Waals surface area contributed by atoms with Crippen LogP contribution in [-0.2, 0) is 4.79 Å². The maximum absolute atomic E-state index is 14.9. The van der Waals surface area contributed by atoms with Crippen LogP contribution in [0.15, 0.2) is 59.7 Å². The lowest BCUT2D eigenvalue weighted by atomic mass is 9.85. The third kappa shape index (κ3) is 5.12. The number of nitrogens with zero attached hydrogens (tertiary/aromatic N) is 4. The molecule has 10 nitrogen and oxygen atoms in total. The first-order chi connectivity index (χ1) is 20.3. The summed E-state index contributed by atoms with van der Waals surface area (Å²) < 4.78 is 30.9. The molecule has 42 heavy (non-hydrogen) atoms. The number of pyridine rings is 2. The van der Waals surface area contributed by atoms with Gasteiger partial charge in [-0.3, -0.25) is 19.3 Å². The molecular weight excluding hydrogens is 546 g/mol. The van der Waals surface area contributed by atoms with Crippen molar-refractivity contribution in [3.8, 4) is 0 Å². The first-order valence-corrected chi connectivity index (χ1v) is 14.0. The van der Waals surface area contributed by atoms with E-state index in [-0.39, 0.29) is 35.5 Å². The van der Waals surface area contributed by atoms with E-state index >= 15 is 0 Å². The molecule has 218 valence electrons. The van der Waals surface area contributed by atoms with Crippen LogP contribution in [0.1, 0.15) is 72.8 Å². The first-order valence-electron chi connectivity index (χ1n) is 14.0. The fourth-order valence-corrected chi connectivity index (χ4v) is 6.62. The lowest BCUT2D eigenvalue weighted by Crippen LogP contribution is -2.41. The number of carboxylic acid groups (broad SMARTS) is 1. The number of nitrogens with one attached hydrogen (secondary N) is 2. The predicted octanol–water partition coefficient (Wildman–Crippen LogP) is 4.62. The molecule has 0 saturated carbocycles. The highest BCUT2D eigenvalue weighted by atomic mass is 19.2. The maximum atomic E-state index is 14.9. The summed E-state index contributed by atoms with van der Waals surface area (Å²) in [4.78, 5) is 51.3. The fraction of sp³-hybridized carbons (Fsp3) is 0.367. The Morgan fingerprint density at radius 3 is 2.50 bits per heavy atom. The molecule has 1 aromatic carbocycles. The van der Waals surface area contributed by atoms with Gasteiger partial charge in [0.15, 0.2) is 17.3 Å². The number of carbonyl (C=O) groups is 2. The number of rotatable bonds is 5. The fourth-order valence-electron chi connectivity index (χ4n) is 6.62. The van der Waals surface area contributed by atoms with Crippen LogP contribution in [0.2, 0.25) is 0 Å². The zero-order valence-corrected chi connectivity index (χ0v) is 22.7. The van der Waals surface area contributed by atoms with Crippen molar-refractivity contribution in [2.24, 2.45) is 0 Å². The molecule has 2 aliphatic rings. The molecule has 3 N–H and O–H groups in total. The number of piperidine rings is 1. The Kier molecular flexibility index (Phi) is 7.44. The second-order valence-electron chi connectivity index (χ2n) is 10.9. The summed E-state index contributed by atoms with van der Waals surface area (Å²) in [5, 5.41) is 12.1. The molecule has 4 aromatic rings. The minimum Gasteiger partial charge on any atom is -0.465 e. The molecule has 12 heteroatoms. The maximum Gasteiger partial charge on any atom is 0.405 e. The molecule has 1 aliphatic heterocycles. The largest absolute Gasteiger partial charge is 0.465 e. The number of hydrogen-bond acceptors (Lipinski definition) is 5. The number of imidazole rings is 1. The van der Waals surface area contributed by atoms with E-state index in [4.69, 9.17) is 0 Å². The molecule has 3 atom stereocenters. The van der Waals surface area contributed by atoms with E-state index < -0.39 is 29.7 Å². The molecule has 6 rings (SSSR count). The lowest BCUT2D eigenvalue weighted by Gasteiger charge is -2.33. The molecule has 1 saturated heterocycles. The number of aromatic amines is 1. The smallest absolute Gasteiger partial charge is 0.405 e. The van der Waals surface area contributed by atoms with Gasteiger partial charge in [0.1, 0.15) is 0 Å². The van der Waals surface area contributed by atoms with Crippen LogP contribution in [-0.4, -0.2) is 54.6 Å². The summed E-state index contributed by atoms with van der Waals surface area (Å²) in [7, 11) is 0. The highest BCUT2D eigenvalue weighted by Gasteiger charge is 2.37. The second-order valence-corrected chi connectivity index (χ2v) is 10.9. The summed E-state index contributed by atoms with van der Waals surface area (Å²) in [6.45, 7) is 0.954. The van der Waals surface area contributed by atoms with E-state index in [0.29, 0.717) is 55.7 Å². The van der Waals surface area contributed by atoms with Crippen molar-refractivity contribution in [1.82, 2.24) is 29.7 Å². The summed E-state index contributed by atoms with van der Waals surface area (Å²) in [6, 6.07) is 10.0. The van der Waals surface area contributed by atoms with E-state index in [1.807, 2.05) is 6.07 Å². The minimum atomic E-state index is -1.29. The average molecular weight is 577 g/mol. The molecule has 1 aliphatic carbocycles. The number of likely N-dealkylation sites (tertiary alicyclic amines) is 1. The molecule has 1 fully saturated rings. The standard InChI is InChI=1S/C30H30F2N6O4/c31-22-6-1-4-19(25(22)32)20-9-8-17(26-21(5-2-12-33-26)27(20)35-30(41)42)16-24(39)37-14-10-18(11-15-37)38-23-7-3-13-34-28(23)36-29(38)40/h1-7,12-13,17-18,20,27,35H,8-11,14-16H2,(H,41,42)(H,34,36,40)/t17-,20+,27-/m0/s1. The summed E-state index contributed by atoms with van der Waals surface area (Å²) in [6.07, 6.45) is 4.04. The van der Waals surface area contributed by atoms with E-state index in [0.717, 1.165) is 11.6 Å². The first kappa shape index (κ1) is 27.6. The molecule has 0 unspecified atom stereocenters. The molecule has 0 spiro atoms. The van der Waals surface area contributed by atoms with Crippen LogP contribution in [0.4, 0.5) is 13.6 Å². The minimum absolute atomic E-state index is 0.0652. The summed E-state index contributed by atoms with van der Waals surface area (Å²) >= 11 is 0. The molecular formula is C30H30F2N6O4. The Hall–Kier alpha value is -4.61. The summed E-state index contributed by atoms with van der Waals surface area (Å²) in [5.74, 6) is -3.11. The Bertz CT molecular complexity index is 1700. The third-order valence-corrected chi connectivity index (χ3v) is 8.57. The predicted molar refractivity (Wildman–Crippen MR) is 149 cm³/mol. The number of benzene rings is 1. The van der Waals surface area contributed by atoms with Crippen molar-refractivity contribution in [2.45, 2.75) is 56.0 Å². The summed E-state index contributed by atoms with van der Waals surface area (Å²) in [5.41, 5.74) is 2.27. The monoisotopic (exact) mass is 576 g/mol. The van der Waals surface area contributed by atoms with Gasteiger partial charge in [0, 0.05) is 55.5 Å². The number of halogens is 2. The molecule has 2 amide bonds. The van der Waals surface area contributed by atoms with Gasteiger partial charge < -0.3 is 15.3 Å². The number of carbonyl (C=O) groups excluding carboxylic acids is 1. The third-order valence-electron chi connectivity index (χ3n) is 8.57. The van der Waals surface area contributed by atoms with Gasteiger partial charge in [0.05, 0.1) is 11.6 Å². The van der Waals surface area contributed by atoms with E-state index in [2.05, 4.69) is 20.3 Å². The van der Waals surface area contributed by atoms with Crippen molar-refractivity contribution in [3.05, 3.63) is 93.8 Å². The Morgan fingerprint density at radius 1 is 0.976 bits per heavy atom. The van der Waals surface area contributed by atoms with Crippen LogP contribution in [0.3, 0.4) is 0 Å². The quantitative estimate of drug-likeness (QED) is 0.297. The van der Waals surface area contributed by atoms with Gasteiger partial charge >= 0.3 is 11.8 Å². The van der Waals surface area contributed by atoms with Crippen LogP contribution < -0.4 is 11.0 Å². The highest BCUT2D eigenvalue weighted by molar-refractivity contribution is 5.77. The molecule has 3 aromatic heterocycles. The van der Waals surface area contributed by atoms with E-state index in [1.165, 1.54) is 12.1 Å². The van der Waals surface area contributed by atoms with Crippen LogP contribution in [0, 0.1) is 11.6 Å². The van der Waals surface area contributed by atoms with Crippen molar-refractivity contribution >= 4 is 23.2 Å². The zero-order valence-electron chi connectivity index (χ0n) is 22.7. The van der Waals surface area contributed by atoms with Crippen LogP contribution in [0.25, 0.3) is 11.2 Å². The van der Waals surface area contributed by atoms with E-state index in [9.17, 15) is 28.3 Å². The normalized spacial score (nSPS) is 21.1. The van der Waals surface area contributed by atoms with Crippen molar-refractivity contribution < 1.29 is 23.5 Å². The van der Waals surface area contributed by atoms with Crippen LogP contribution in [0.5, 0.6) is 0 Å². The number of amides is 2. The Labute approximate surface area is 239 Å². The van der Waals surface area contributed by atoms with Crippen molar-refractivity contribution in [2.75, 3.05) is 13.1 Å². The Morgan fingerprint density at radius 2 is 1.71 bits per heavy atom. The van der Waals surface area contributed by atoms with Crippen molar-refractivity contribution in [1.29, 1.82) is 0 Å². The lowest BCUT2D eigenvalue weighted by molar-refractivity contribution is -0.133. The zero-order chi connectivity index (χ0) is 29.4. The molecule has 0 radical (unpaired) electrons. The molecule has 0 bridgehead atoms. The number of hydrogen-bond donors (Lipinski definition) is 3. The van der Waals surface area contributed by atoms with Gasteiger partial charge in [0.25, 0.3) is 0 Å². The topological polar surface area (TPSA) is 133 Å². The van der Waals surface area contributed by atoms with Gasteiger partial charge in [-0.25, -0.2) is 23.4 Å². The van der Waals surface area contributed by atoms with E-state index in [1.54, 1.807) is 40.1 Å². The van der Waals surface area contributed by atoms with Crippen LogP contribution >= 0.6 is 0 Å². The second kappa shape index (κ2) is 11.3. The van der Waals surface area contributed by atoms with Gasteiger partial charge in [-0.2, -0.15) is 0 Å². The number of fused-ring (bicyclic) bond motifs is 2. The molecule has 4 heterocycles. The number of H-pyrrole nitrogens is 1. The number of aromatic nitrogens is 4. The SMILES string of the molecule is O=C(O)N[C@@H]1c2cccnc2[C@H](CC(=O)N2CCC(n3c(=O)[nH]c4ncccc43)CC2)CC[C@@H]1c1cccc(F)c1F. The Balaban J connectivity index is 1.22.